The van der Waals surface area contributed by atoms with E-state index in [1.165, 1.54) is 0 Å². The number of hydrazine groups is 1. The zero-order chi connectivity index (χ0) is 25.2. The summed E-state index contributed by atoms with van der Waals surface area (Å²) >= 11 is 12.6. The number of hydrogen-bond donors (Lipinski definition) is 1. The number of nitrogens with one attached hydrogen (secondary N) is 1. The summed E-state index contributed by atoms with van der Waals surface area (Å²) in [7, 11) is 1.61. The number of carbonyl (C=O) groups is 2. The first-order valence-electron chi connectivity index (χ1n) is 11.6. The maximum Gasteiger partial charge on any atom is 0.374 e. The standard InChI is InChI=1S/C27H24Cl2N4O3/c1-36-23-11-9-22(10-12-23)32-16-24(18-5-7-20(28)8-6-18)26(19-3-2-4-21(29)15-19)33(32)27(35)31-14-13-30-25(34)17-31/h2-12,15-16,24,26H,13-14,17H2,1H3/p+1. The van der Waals surface area contributed by atoms with E-state index in [4.69, 9.17) is 27.9 Å². The molecule has 2 heterocycles. The number of hydrogen-bond acceptors (Lipinski definition) is 3. The molecular weight excluding hydrogens is 499 g/mol. The second-order valence-electron chi connectivity index (χ2n) is 8.67. The number of amides is 3. The minimum Gasteiger partial charge on any atom is -0.497 e. The SMILES string of the molecule is COc1ccc([N+]2=CC(c3ccc(Cl)cc3)C(c3cccc(Cl)c3)N2C(=O)N2CCNC(=O)C2)cc1. The highest BCUT2D eigenvalue weighted by molar-refractivity contribution is 6.30. The van der Waals surface area contributed by atoms with Crippen LogP contribution in [0.4, 0.5) is 10.5 Å². The Bertz CT molecular complexity index is 1310. The quantitative estimate of drug-likeness (QED) is 0.488. The van der Waals surface area contributed by atoms with Gasteiger partial charge in [-0.1, -0.05) is 57.2 Å². The highest BCUT2D eigenvalue weighted by atomic mass is 35.5. The average molecular weight is 524 g/mol. The molecule has 0 radical (unpaired) electrons. The molecule has 0 spiro atoms. The van der Waals surface area contributed by atoms with Gasteiger partial charge in [0.15, 0.2) is 6.21 Å². The molecule has 0 aromatic heterocycles. The van der Waals surface area contributed by atoms with Gasteiger partial charge in [-0.2, -0.15) is 0 Å². The summed E-state index contributed by atoms with van der Waals surface area (Å²) in [5.41, 5.74) is 2.66. The predicted octanol–water partition coefficient (Wildman–Crippen LogP) is 5.02. The zero-order valence-electron chi connectivity index (χ0n) is 19.6. The number of benzene rings is 3. The third-order valence-electron chi connectivity index (χ3n) is 6.42. The fraction of sp³-hybridized carbons (Fsp3) is 0.222. The molecule has 1 N–H and O–H groups in total. The van der Waals surface area contributed by atoms with Crippen LogP contribution in [0.2, 0.25) is 10.0 Å². The van der Waals surface area contributed by atoms with Crippen molar-refractivity contribution >= 4 is 47.0 Å². The summed E-state index contributed by atoms with van der Waals surface area (Å²) in [6, 6.07) is 22.0. The molecule has 3 amide bonds. The van der Waals surface area contributed by atoms with Gasteiger partial charge in [-0.15, -0.1) is 0 Å². The number of hydrazone groups is 1. The molecule has 7 nitrogen and oxygen atoms in total. The summed E-state index contributed by atoms with van der Waals surface area (Å²) in [4.78, 5) is 27.8. The minimum atomic E-state index is -0.413. The molecule has 0 aliphatic carbocycles. The minimum absolute atomic E-state index is 0.000334. The number of halogens is 2. The normalized spacial score (nSPS) is 19.6. The largest absolute Gasteiger partial charge is 0.497 e. The van der Waals surface area contributed by atoms with Crippen LogP contribution in [-0.2, 0) is 4.79 Å². The molecule has 0 saturated carbocycles. The van der Waals surface area contributed by atoms with Gasteiger partial charge >= 0.3 is 6.03 Å². The van der Waals surface area contributed by atoms with Crippen LogP contribution in [0, 0.1) is 0 Å². The Labute approximate surface area is 219 Å². The fourth-order valence-corrected chi connectivity index (χ4v) is 5.01. The monoisotopic (exact) mass is 523 g/mol. The topological polar surface area (TPSA) is 64.9 Å². The van der Waals surface area contributed by atoms with E-state index in [2.05, 4.69) is 5.32 Å². The number of piperazine rings is 1. The number of methoxy groups -OCH3 is 1. The molecular formula is C27H25Cl2N4O3+. The van der Waals surface area contributed by atoms with E-state index in [0.717, 1.165) is 16.8 Å². The molecule has 3 aromatic rings. The molecule has 2 aliphatic heterocycles. The maximum atomic E-state index is 14.1. The van der Waals surface area contributed by atoms with Crippen molar-refractivity contribution in [2.24, 2.45) is 0 Å². The second-order valence-corrected chi connectivity index (χ2v) is 9.54. The van der Waals surface area contributed by atoms with E-state index >= 15 is 0 Å². The van der Waals surface area contributed by atoms with Crippen molar-refractivity contribution < 1.29 is 19.0 Å². The Balaban J connectivity index is 1.66. The van der Waals surface area contributed by atoms with Crippen molar-refractivity contribution in [2.45, 2.75) is 12.0 Å². The third-order valence-corrected chi connectivity index (χ3v) is 6.91. The van der Waals surface area contributed by atoms with E-state index in [0.29, 0.717) is 28.9 Å². The van der Waals surface area contributed by atoms with E-state index in [9.17, 15) is 9.59 Å². The molecule has 2 unspecified atom stereocenters. The first-order chi connectivity index (χ1) is 17.4. The van der Waals surface area contributed by atoms with Crippen LogP contribution in [0.15, 0.2) is 72.8 Å². The Hall–Kier alpha value is -3.55. The Kier molecular flexibility index (Phi) is 6.85. The number of nitrogens with zero attached hydrogens (tertiary/aromatic N) is 3. The van der Waals surface area contributed by atoms with Gasteiger partial charge < -0.3 is 15.0 Å². The van der Waals surface area contributed by atoms with E-state index in [-0.39, 0.29) is 24.4 Å². The lowest BCUT2D eigenvalue weighted by Gasteiger charge is -2.32. The van der Waals surface area contributed by atoms with Gasteiger partial charge in [0.25, 0.3) is 0 Å². The average Bonchev–Trinajstić information content (AvgIpc) is 3.29. The van der Waals surface area contributed by atoms with Crippen molar-refractivity contribution in [3.05, 3.63) is 94.0 Å². The molecule has 3 aromatic carbocycles. The molecule has 1 fully saturated rings. The predicted molar refractivity (Wildman–Crippen MR) is 139 cm³/mol. The maximum absolute atomic E-state index is 14.1. The van der Waals surface area contributed by atoms with Gasteiger partial charge in [0.2, 0.25) is 11.6 Å². The van der Waals surface area contributed by atoms with Gasteiger partial charge in [-0.3, -0.25) is 4.79 Å². The molecule has 0 bridgehead atoms. The number of ether oxygens (including phenoxy) is 1. The smallest absolute Gasteiger partial charge is 0.374 e. The fourth-order valence-electron chi connectivity index (χ4n) is 4.69. The van der Waals surface area contributed by atoms with Crippen LogP contribution >= 0.6 is 23.2 Å². The van der Waals surface area contributed by atoms with Crippen molar-refractivity contribution in [2.75, 3.05) is 26.7 Å². The molecule has 5 rings (SSSR count). The molecule has 2 aliphatic rings. The number of rotatable bonds is 4. The first kappa shape index (κ1) is 24.2. The third kappa shape index (κ3) is 4.76. The van der Waals surface area contributed by atoms with Crippen molar-refractivity contribution in [3.63, 3.8) is 0 Å². The number of carbonyl (C=O) groups excluding carboxylic acids is 2. The Morgan fingerprint density at radius 2 is 1.75 bits per heavy atom. The molecule has 9 heteroatoms. The zero-order valence-corrected chi connectivity index (χ0v) is 21.1. The van der Waals surface area contributed by atoms with Crippen LogP contribution in [0.5, 0.6) is 5.75 Å². The van der Waals surface area contributed by atoms with E-state index in [1.54, 1.807) is 17.0 Å². The molecule has 2 atom stereocenters. The van der Waals surface area contributed by atoms with E-state index < -0.39 is 6.04 Å². The van der Waals surface area contributed by atoms with Gasteiger partial charge in [0.1, 0.15) is 18.3 Å². The highest BCUT2D eigenvalue weighted by Gasteiger charge is 2.49. The van der Waals surface area contributed by atoms with Crippen LogP contribution in [0.25, 0.3) is 0 Å². The van der Waals surface area contributed by atoms with E-state index in [1.807, 2.05) is 83.7 Å². The van der Waals surface area contributed by atoms with Gasteiger partial charge in [0, 0.05) is 35.3 Å². The van der Waals surface area contributed by atoms with Crippen molar-refractivity contribution in [1.29, 1.82) is 0 Å². The van der Waals surface area contributed by atoms with Gasteiger partial charge in [0.05, 0.1) is 13.0 Å². The van der Waals surface area contributed by atoms with Gasteiger partial charge in [-0.25, -0.2) is 4.79 Å². The lowest BCUT2D eigenvalue weighted by Crippen LogP contribution is -2.55. The summed E-state index contributed by atoms with van der Waals surface area (Å²) in [6.45, 7) is 0.832. The highest BCUT2D eigenvalue weighted by Crippen LogP contribution is 2.42. The Morgan fingerprint density at radius 3 is 2.42 bits per heavy atom. The summed E-state index contributed by atoms with van der Waals surface area (Å²) in [5, 5.41) is 5.71. The molecule has 184 valence electrons. The van der Waals surface area contributed by atoms with Crippen LogP contribution < -0.4 is 10.1 Å². The number of urea groups is 1. The van der Waals surface area contributed by atoms with Crippen LogP contribution in [0.3, 0.4) is 0 Å². The van der Waals surface area contributed by atoms with Crippen molar-refractivity contribution in [1.82, 2.24) is 15.2 Å². The summed E-state index contributed by atoms with van der Waals surface area (Å²) in [6.07, 6.45) is 2.03. The lowest BCUT2D eigenvalue weighted by atomic mass is 9.88. The summed E-state index contributed by atoms with van der Waals surface area (Å²) in [5.74, 6) is 0.330. The van der Waals surface area contributed by atoms with Crippen molar-refractivity contribution in [3.8, 4) is 5.75 Å². The molecule has 36 heavy (non-hydrogen) atoms. The first-order valence-corrected chi connectivity index (χ1v) is 12.3. The molecule has 1 saturated heterocycles. The van der Waals surface area contributed by atoms with Crippen LogP contribution in [0.1, 0.15) is 23.1 Å². The second kappa shape index (κ2) is 10.2. The lowest BCUT2D eigenvalue weighted by molar-refractivity contribution is -0.596. The Morgan fingerprint density at radius 1 is 1.00 bits per heavy atom. The van der Waals surface area contributed by atoms with Crippen LogP contribution in [-0.4, -0.2) is 59.5 Å². The van der Waals surface area contributed by atoms with Gasteiger partial charge in [-0.05, 0) is 47.5 Å². The summed E-state index contributed by atoms with van der Waals surface area (Å²) < 4.78 is 7.19.